The van der Waals surface area contributed by atoms with Gasteiger partial charge in [0.15, 0.2) is 18.3 Å². The summed E-state index contributed by atoms with van der Waals surface area (Å²) in [4.78, 5) is 24.5. The van der Waals surface area contributed by atoms with Gasteiger partial charge in [0.25, 0.3) is 0 Å². The zero-order chi connectivity index (χ0) is 23.1. The molecule has 0 aliphatic carbocycles. The lowest BCUT2D eigenvalue weighted by Gasteiger charge is -2.21. The van der Waals surface area contributed by atoms with Gasteiger partial charge in [-0.1, -0.05) is 29.8 Å². The van der Waals surface area contributed by atoms with Crippen molar-refractivity contribution in [1.82, 2.24) is 4.57 Å². The molecule has 0 saturated carbocycles. The van der Waals surface area contributed by atoms with Gasteiger partial charge in [-0.25, -0.2) is 4.39 Å². The monoisotopic (exact) mass is 446 g/mol. The standard InChI is InChI=1S/C25H19FN2O5/c1-14-2-4-15(5-3-14)23(29)16-6-7-21-20(10-16)22(27-31)25(30)28(21)11-17-8-19(26)9-18-12-32-13-33-24(17)18/h2-10,30H,11-13H2,1H3. The van der Waals surface area contributed by atoms with Gasteiger partial charge in [0, 0.05) is 27.6 Å². The number of aryl methyl sites for hydroxylation is 1. The van der Waals surface area contributed by atoms with Crippen molar-refractivity contribution >= 4 is 22.4 Å². The Morgan fingerprint density at radius 3 is 2.64 bits per heavy atom. The molecule has 1 aromatic heterocycles. The third-order valence-corrected chi connectivity index (χ3v) is 5.76. The van der Waals surface area contributed by atoms with Crippen LogP contribution in [0.1, 0.15) is 32.6 Å². The largest absolute Gasteiger partial charge is 0.493 e. The molecule has 1 aliphatic heterocycles. The van der Waals surface area contributed by atoms with Crippen LogP contribution in [0.15, 0.2) is 59.8 Å². The minimum absolute atomic E-state index is 0.0310. The van der Waals surface area contributed by atoms with Crippen molar-refractivity contribution in [3.8, 4) is 11.6 Å². The summed E-state index contributed by atoms with van der Waals surface area (Å²) in [6, 6.07) is 14.6. The van der Waals surface area contributed by atoms with E-state index < -0.39 is 5.82 Å². The summed E-state index contributed by atoms with van der Waals surface area (Å²) in [5.74, 6) is -0.567. The number of ether oxygens (including phenoxy) is 2. The van der Waals surface area contributed by atoms with Crippen molar-refractivity contribution in [2.45, 2.75) is 20.1 Å². The Labute approximate surface area is 188 Å². The smallest absolute Gasteiger partial charge is 0.222 e. The number of carbonyl (C=O) groups is 1. The number of fused-ring (bicyclic) bond motifs is 2. The predicted octanol–water partition coefficient (Wildman–Crippen LogP) is 5.34. The third kappa shape index (κ3) is 3.64. The summed E-state index contributed by atoms with van der Waals surface area (Å²) >= 11 is 0. The number of hydrogen-bond donors (Lipinski definition) is 1. The van der Waals surface area contributed by atoms with Crippen LogP contribution in [0.25, 0.3) is 10.9 Å². The summed E-state index contributed by atoms with van der Waals surface area (Å²) in [6.07, 6.45) is 0. The van der Waals surface area contributed by atoms with E-state index in [0.717, 1.165) is 5.56 Å². The van der Waals surface area contributed by atoms with E-state index in [9.17, 15) is 19.2 Å². The van der Waals surface area contributed by atoms with Crippen LogP contribution in [-0.2, 0) is 17.9 Å². The molecular formula is C25H19FN2O5. The van der Waals surface area contributed by atoms with Crippen LogP contribution < -0.4 is 4.74 Å². The highest BCUT2D eigenvalue weighted by molar-refractivity contribution is 6.11. The number of halogens is 1. The fourth-order valence-electron chi connectivity index (χ4n) is 4.13. The minimum Gasteiger partial charge on any atom is -0.493 e. The van der Waals surface area contributed by atoms with Gasteiger partial charge in [-0.15, -0.1) is 4.91 Å². The first-order chi connectivity index (χ1) is 16.0. The minimum atomic E-state index is -0.464. The van der Waals surface area contributed by atoms with Crippen LogP contribution in [0.3, 0.4) is 0 Å². The first-order valence-corrected chi connectivity index (χ1v) is 10.3. The lowest BCUT2D eigenvalue weighted by Crippen LogP contribution is -2.14. The Hall–Kier alpha value is -4.04. The van der Waals surface area contributed by atoms with Gasteiger partial charge < -0.3 is 19.1 Å². The van der Waals surface area contributed by atoms with E-state index in [0.29, 0.717) is 38.9 Å². The van der Waals surface area contributed by atoms with Gasteiger partial charge in [-0.3, -0.25) is 4.79 Å². The van der Waals surface area contributed by atoms with Gasteiger partial charge in [0.05, 0.1) is 18.7 Å². The van der Waals surface area contributed by atoms with E-state index in [4.69, 9.17) is 9.47 Å². The quantitative estimate of drug-likeness (QED) is 0.330. The highest BCUT2D eigenvalue weighted by atomic mass is 19.1. The molecule has 2 heterocycles. The van der Waals surface area contributed by atoms with Crippen molar-refractivity contribution < 1.29 is 23.8 Å². The lowest BCUT2D eigenvalue weighted by atomic mass is 10.0. The summed E-state index contributed by atoms with van der Waals surface area (Å²) in [6.45, 7) is 2.21. The first-order valence-electron chi connectivity index (χ1n) is 10.3. The van der Waals surface area contributed by atoms with E-state index in [-0.39, 0.29) is 37.3 Å². The van der Waals surface area contributed by atoms with Gasteiger partial charge in [0.2, 0.25) is 5.88 Å². The number of nitrogens with zero attached hydrogens (tertiary/aromatic N) is 2. The molecule has 3 aromatic carbocycles. The number of aromatic nitrogens is 1. The van der Waals surface area contributed by atoms with E-state index in [1.165, 1.54) is 22.8 Å². The second-order valence-electron chi connectivity index (χ2n) is 7.94. The molecule has 0 amide bonds. The summed E-state index contributed by atoms with van der Waals surface area (Å²) in [7, 11) is 0. The molecular weight excluding hydrogens is 427 g/mol. The second kappa shape index (κ2) is 8.14. The Morgan fingerprint density at radius 1 is 1.12 bits per heavy atom. The van der Waals surface area contributed by atoms with E-state index in [2.05, 4.69) is 5.18 Å². The summed E-state index contributed by atoms with van der Waals surface area (Å²) in [5, 5.41) is 14.1. The van der Waals surface area contributed by atoms with E-state index in [1.807, 2.05) is 19.1 Å². The van der Waals surface area contributed by atoms with Gasteiger partial charge >= 0.3 is 0 Å². The number of aromatic hydroxyl groups is 1. The zero-order valence-corrected chi connectivity index (χ0v) is 17.7. The van der Waals surface area contributed by atoms with Crippen molar-refractivity contribution in [1.29, 1.82) is 0 Å². The Balaban J connectivity index is 1.59. The SMILES string of the molecule is Cc1ccc(C(=O)c2ccc3c(c2)c(N=O)c(O)n3Cc2cc(F)cc3c2OCOC3)cc1. The number of nitroso groups, excluding NO2 is 1. The highest BCUT2D eigenvalue weighted by Crippen LogP contribution is 2.41. The summed E-state index contributed by atoms with van der Waals surface area (Å²) < 4.78 is 26.4. The number of carbonyl (C=O) groups excluding carboxylic acids is 1. The molecule has 0 unspecified atom stereocenters. The maximum absolute atomic E-state index is 14.2. The molecule has 166 valence electrons. The molecule has 5 rings (SSSR count). The zero-order valence-electron chi connectivity index (χ0n) is 17.7. The fourth-order valence-corrected chi connectivity index (χ4v) is 4.13. The number of hydrogen-bond acceptors (Lipinski definition) is 6. The van der Waals surface area contributed by atoms with Gasteiger partial charge in [-0.05, 0) is 42.4 Å². The third-order valence-electron chi connectivity index (χ3n) is 5.76. The average molecular weight is 446 g/mol. The molecule has 1 aliphatic rings. The summed E-state index contributed by atoms with van der Waals surface area (Å²) in [5.41, 5.74) is 3.24. The fraction of sp³-hybridized carbons (Fsp3) is 0.160. The molecule has 7 nitrogen and oxygen atoms in total. The van der Waals surface area contributed by atoms with Crippen LogP contribution in [0, 0.1) is 17.6 Å². The Kier molecular flexibility index (Phi) is 5.14. The number of benzene rings is 3. The molecule has 0 saturated heterocycles. The van der Waals surface area contributed by atoms with Crippen molar-refractivity contribution in [3.63, 3.8) is 0 Å². The molecule has 4 aromatic rings. The van der Waals surface area contributed by atoms with Gasteiger partial charge in [-0.2, -0.15) is 0 Å². The van der Waals surface area contributed by atoms with Crippen LogP contribution >= 0.6 is 0 Å². The molecule has 1 N–H and O–H groups in total. The molecule has 0 fully saturated rings. The maximum atomic E-state index is 14.2. The van der Waals surface area contributed by atoms with Crippen LogP contribution in [0.5, 0.6) is 11.6 Å². The molecule has 8 heteroatoms. The molecule has 0 bridgehead atoms. The highest BCUT2D eigenvalue weighted by Gasteiger charge is 2.23. The second-order valence-corrected chi connectivity index (χ2v) is 7.94. The normalized spacial score (nSPS) is 12.9. The topological polar surface area (TPSA) is 90.1 Å². The van der Waals surface area contributed by atoms with Crippen molar-refractivity contribution in [2.75, 3.05) is 6.79 Å². The van der Waals surface area contributed by atoms with Gasteiger partial charge in [0.1, 0.15) is 11.6 Å². The molecule has 0 atom stereocenters. The van der Waals surface area contributed by atoms with Crippen LogP contribution in [0.2, 0.25) is 0 Å². The maximum Gasteiger partial charge on any atom is 0.222 e. The predicted molar refractivity (Wildman–Crippen MR) is 119 cm³/mol. The lowest BCUT2D eigenvalue weighted by molar-refractivity contribution is -0.0173. The van der Waals surface area contributed by atoms with Crippen LogP contribution in [0.4, 0.5) is 10.1 Å². The molecule has 0 radical (unpaired) electrons. The van der Waals surface area contributed by atoms with E-state index >= 15 is 0 Å². The van der Waals surface area contributed by atoms with Crippen molar-refractivity contribution in [3.05, 3.63) is 93.1 Å². The van der Waals surface area contributed by atoms with Crippen LogP contribution in [-0.4, -0.2) is 22.2 Å². The number of rotatable bonds is 5. The average Bonchev–Trinajstić information content (AvgIpc) is 3.08. The molecule has 33 heavy (non-hydrogen) atoms. The van der Waals surface area contributed by atoms with E-state index in [1.54, 1.807) is 24.3 Å². The molecule has 0 spiro atoms. The Morgan fingerprint density at radius 2 is 1.88 bits per heavy atom. The first kappa shape index (κ1) is 20.8. The Bertz CT molecular complexity index is 1410. The number of ketones is 1. The van der Waals surface area contributed by atoms with Crippen molar-refractivity contribution in [2.24, 2.45) is 5.18 Å².